The van der Waals surface area contributed by atoms with Crippen molar-refractivity contribution >= 4 is 34.9 Å². The summed E-state index contributed by atoms with van der Waals surface area (Å²) in [6.07, 6.45) is 4.91. The lowest BCUT2D eigenvalue weighted by Gasteiger charge is -2.12. The fourth-order valence-corrected chi connectivity index (χ4v) is 3.22. The van der Waals surface area contributed by atoms with Crippen LogP contribution in [0, 0.1) is 12.8 Å². The quantitative estimate of drug-likeness (QED) is 0.184. The summed E-state index contributed by atoms with van der Waals surface area (Å²) in [5.41, 5.74) is 1.50. The molecule has 0 heterocycles. The zero-order valence-corrected chi connectivity index (χ0v) is 14.5. The van der Waals surface area contributed by atoms with Gasteiger partial charge in [0.25, 0.3) is 0 Å². The highest BCUT2D eigenvalue weighted by Gasteiger charge is 2.35. The fourth-order valence-electron chi connectivity index (χ4n) is 2.21. The molecule has 1 aliphatic carbocycles. The third kappa shape index (κ3) is 3.55. The molecule has 0 N–H and O–H groups in total. The van der Waals surface area contributed by atoms with E-state index in [1.165, 1.54) is 18.0 Å². The number of carbonyl (C=O) groups is 2. The van der Waals surface area contributed by atoms with E-state index < -0.39 is 0 Å². The molecular weight excluding hydrogens is 320 g/mol. The second kappa shape index (κ2) is 7.34. The molecule has 0 spiro atoms. The van der Waals surface area contributed by atoms with Crippen molar-refractivity contribution in [1.29, 1.82) is 0 Å². The Morgan fingerprint density at radius 2 is 2.09 bits per heavy atom. The number of ether oxygens (including phenoxy) is 1. The van der Waals surface area contributed by atoms with Crippen molar-refractivity contribution in [3.63, 3.8) is 0 Å². The molecule has 0 aromatic heterocycles. The Kier molecular flexibility index (Phi) is 5.70. The van der Waals surface area contributed by atoms with Crippen molar-refractivity contribution in [2.75, 3.05) is 12.9 Å². The molecular formula is C17H19ClO3S. The van der Waals surface area contributed by atoms with Crippen molar-refractivity contribution < 1.29 is 14.3 Å². The second-order valence-electron chi connectivity index (χ2n) is 5.21. The standard InChI is InChI=1S/C17H19ClO3S/c1-4-21-9-13(15(19)11-5-6-11)16(20)12-7-8-14(18)10(2)17(12)22-3/h7-9,11H,4-6H2,1-3H3. The van der Waals surface area contributed by atoms with Crippen LogP contribution in [0.2, 0.25) is 5.02 Å². The summed E-state index contributed by atoms with van der Waals surface area (Å²) in [7, 11) is 0. The molecule has 0 saturated heterocycles. The van der Waals surface area contributed by atoms with Gasteiger partial charge in [0, 0.05) is 21.4 Å². The molecule has 1 aliphatic rings. The number of carbonyl (C=O) groups excluding carboxylic acids is 2. The Bertz CT molecular complexity index is 633. The number of benzene rings is 1. The van der Waals surface area contributed by atoms with Gasteiger partial charge in [0.05, 0.1) is 12.9 Å². The number of hydrogen-bond acceptors (Lipinski definition) is 4. The van der Waals surface area contributed by atoms with E-state index in [9.17, 15) is 9.59 Å². The van der Waals surface area contributed by atoms with Gasteiger partial charge < -0.3 is 4.74 Å². The van der Waals surface area contributed by atoms with Gasteiger partial charge >= 0.3 is 0 Å². The fraction of sp³-hybridized carbons (Fsp3) is 0.412. The smallest absolute Gasteiger partial charge is 0.200 e. The van der Waals surface area contributed by atoms with Gasteiger partial charge in [0.2, 0.25) is 5.78 Å². The van der Waals surface area contributed by atoms with Crippen molar-refractivity contribution in [3.8, 4) is 0 Å². The van der Waals surface area contributed by atoms with Gasteiger partial charge in [-0.1, -0.05) is 11.6 Å². The molecule has 1 aromatic carbocycles. The van der Waals surface area contributed by atoms with Crippen molar-refractivity contribution in [3.05, 3.63) is 40.1 Å². The number of hydrogen-bond donors (Lipinski definition) is 0. The first kappa shape index (κ1) is 17.1. The summed E-state index contributed by atoms with van der Waals surface area (Å²) < 4.78 is 5.23. The molecule has 0 amide bonds. The van der Waals surface area contributed by atoms with E-state index in [4.69, 9.17) is 16.3 Å². The van der Waals surface area contributed by atoms with Crippen LogP contribution >= 0.6 is 23.4 Å². The molecule has 1 aromatic rings. The van der Waals surface area contributed by atoms with E-state index in [2.05, 4.69) is 0 Å². The molecule has 5 heteroatoms. The maximum atomic E-state index is 12.8. The normalized spacial score (nSPS) is 14.8. The number of thioether (sulfide) groups is 1. The van der Waals surface area contributed by atoms with Crippen LogP contribution < -0.4 is 0 Å². The van der Waals surface area contributed by atoms with Crippen LogP contribution in [0.5, 0.6) is 0 Å². The monoisotopic (exact) mass is 338 g/mol. The van der Waals surface area contributed by atoms with E-state index >= 15 is 0 Å². The zero-order chi connectivity index (χ0) is 16.3. The highest BCUT2D eigenvalue weighted by Crippen LogP contribution is 2.35. The molecule has 0 unspecified atom stereocenters. The van der Waals surface area contributed by atoms with E-state index in [0.717, 1.165) is 23.3 Å². The first-order chi connectivity index (χ1) is 10.5. The van der Waals surface area contributed by atoms with E-state index in [0.29, 0.717) is 17.2 Å². The Balaban J connectivity index is 2.42. The Morgan fingerprint density at radius 3 is 2.64 bits per heavy atom. The summed E-state index contributed by atoms with van der Waals surface area (Å²) in [5, 5.41) is 0.616. The number of allylic oxidation sites excluding steroid dienone is 1. The average molecular weight is 339 g/mol. The largest absolute Gasteiger partial charge is 0.501 e. The van der Waals surface area contributed by atoms with Gasteiger partial charge in [-0.05, 0) is 50.6 Å². The third-order valence-corrected chi connectivity index (χ3v) is 4.96. The van der Waals surface area contributed by atoms with Crippen LogP contribution in [0.1, 0.15) is 35.7 Å². The maximum Gasteiger partial charge on any atom is 0.200 e. The molecule has 1 fully saturated rings. The molecule has 0 atom stereocenters. The molecule has 0 aliphatic heterocycles. The topological polar surface area (TPSA) is 43.4 Å². The number of Topliss-reactive ketones (excluding diaryl/α,β-unsaturated/α-hetero) is 2. The third-order valence-electron chi connectivity index (χ3n) is 3.61. The lowest BCUT2D eigenvalue weighted by molar-refractivity contribution is -0.116. The molecule has 0 bridgehead atoms. The predicted octanol–water partition coefficient (Wildman–Crippen LogP) is 4.45. The zero-order valence-electron chi connectivity index (χ0n) is 12.9. The van der Waals surface area contributed by atoms with Gasteiger partial charge in [-0.2, -0.15) is 0 Å². The molecule has 1 saturated carbocycles. The number of rotatable bonds is 7. The molecule has 2 rings (SSSR count). The van der Waals surface area contributed by atoms with E-state index in [1.807, 2.05) is 20.1 Å². The van der Waals surface area contributed by atoms with Crippen LogP contribution in [-0.2, 0) is 9.53 Å². The number of ketones is 2. The van der Waals surface area contributed by atoms with Gasteiger partial charge in [0.15, 0.2) is 5.78 Å². The number of halogens is 1. The van der Waals surface area contributed by atoms with Crippen molar-refractivity contribution in [2.45, 2.75) is 31.6 Å². The van der Waals surface area contributed by atoms with Gasteiger partial charge in [-0.25, -0.2) is 0 Å². The first-order valence-corrected chi connectivity index (χ1v) is 8.85. The SMILES string of the molecule is CCOC=C(C(=O)c1ccc(Cl)c(C)c1SC)C(=O)C1CC1. The lowest BCUT2D eigenvalue weighted by Crippen LogP contribution is -2.16. The van der Waals surface area contributed by atoms with Crippen LogP contribution in [0.4, 0.5) is 0 Å². The second-order valence-corrected chi connectivity index (χ2v) is 6.43. The Labute approximate surface area is 140 Å². The summed E-state index contributed by atoms with van der Waals surface area (Å²) in [5.74, 6) is -0.422. The minimum atomic E-state index is -0.283. The average Bonchev–Trinajstić information content (AvgIpc) is 3.34. The first-order valence-electron chi connectivity index (χ1n) is 7.25. The summed E-state index contributed by atoms with van der Waals surface area (Å²) >= 11 is 7.58. The van der Waals surface area contributed by atoms with Gasteiger partial charge in [0.1, 0.15) is 5.57 Å². The molecule has 22 heavy (non-hydrogen) atoms. The van der Waals surface area contributed by atoms with Crippen LogP contribution in [0.3, 0.4) is 0 Å². The molecule has 3 nitrogen and oxygen atoms in total. The minimum absolute atomic E-state index is 0.0261. The summed E-state index contributed by atoms with van der Waals surface area (Å²) in [6.45, 7) is 4.11. The Hall–Kier alpha value is -1.26. The predicted molar refractivity (Wildman–Crippen MR) is 89.7 cm³/mol. The van der Waals surface area contributed by atoms with Crippen molar-refractivity contribution in [2.24, 2.45) is 5.92 Å². The van der Waals surface area contributed by atoms with E-state index in [-0.39, 0.29) is 23.1 Å². The van der Waals surface area contributed by atoms with Gasteiger partial charge in [-0.15, -0.1) is 11.8 Å². The van der Waals surface area contributed by atoms with Gasteiger partial charge in [-0.3, -0.25) is 9.59 Å². The molecule has 118 valence electrons. The highest BCUT2D eigenvalue weighted by molar-refractivity contribution is 7.98. The maximum absolute atomic E-state index is 12.8. The molecule has 0 radical (unpaired) electrons. The van der Waals surface area contributed by atoms with Crippen LogP contribution in [-0.4, -0.2) is 24.4 Å². The minimum Gasteiger partial charge on any atom is -0.501 e. The Morgan fingerprint density at radius 1 is 1.41 bits per heavy atom. The van der Waals surface area contributed by atoms with Crippen LogP contribution in [0.25, 0.3) is 0 Å². The summed E-state index contributed by atoms with van der Waals surface area (Å²) in [6, 6.07) is 3.38. The van der Waals surface area contributed by atoms with E-state index in [1.54, 1.807) is 12.1 Å². The van der Waals surface area contributed by atoms with Crippen molar-refractivity contribution in [1.82, 2.24) is 0 Å². The lowest BCUT2D eigenvalue weighted by atomic mass is 9.97. The highest BCUT2D eigenvalue weighted by atomic mass is 35.5. The summed E-state index contributed by atoms with van der Waals surface area (Å²) in [4.78, 5) is 26.0. The van der Waals surface area contributed by atoms with Crippen LogP contribution in [0.15, 0.2) is 28.9 Å².